The van der Waals surface area contributed by atoms with Crippen LogP contribution in [0.1, 0.15) is 11.1 Å². The molecular weight excluding hydrogens is 330 g/mol. The number of amides is 1. The Balaban J connectivity index is 1.71. The molecule has 2 aromatic carbocycles. The third kappa shape index (κ3) is 3.55. The number of carbonyl (C=O) groups is 1. The first-order chi connectivity index (χ1) is 11.5. The van der Waals surface area contributed by atoms with Crippen molar-refractivity contribution in [2.24, 2.45) is 5.10 Å². The molecule has 1 amide bonds. The molecule has 122 valence electrons. The number of hydrazone groups is 1. The summed E-state index contributed by atoms with van der Waals surface area (Å²) in [5.74, 6) is -1.06. The van der Waals surface area contributed by atoms with Gasteiger partial charge >= 0.3 is 5.76 Å². The molecular formula is C17H14ClN3O3. The van der Waals surface area contributed by atoms with E-state index in [0.29, 0.717) is 16.1 Å². The molecule has 0 bridgehead atoms. The van der Waals surface area contributed by atoms with Crippen LogP contribution in [0.25, 0.3) is 11.1 Å². The molecule has 0 atom stereocenters. The van der Waals surface area contributed by atoms with Crippen LogP contribution in [0.4, 0.5) is 0 Å². The van der Waals surface area contributed by atoms with Crippen molar-refractivity contribution >= 4 is 34.8 Å². The summed E-state index contributed by atoms with van der Waals surface area (Å²) in [4.78, 5) is 23.8. The molecule has 0 saturated heterocycles. The van der Waals surface area contributed by atoms with E-state index in [9.17, 15) is 9.59 Å². The zero-order valence-corrected chi connectivity index (χ0v) is 13.6. The minimum absolute atomic E-state index is 0.211. The topological polar surface area (TPSA) is 76.6 Å². The van der Waals surface area contributed by atoms with Gasteiger partial charge in [0.1, 0.15) is 6.54 Å². The van der Waals surface area contributed by atoms with Gasteiger partial charge in [0.15, 0.2) is 5.58 Å². The number of nitrogens with one attached hydrogen (secondary N) is 1. The number of fused-ring (bicyclic) bond motifs is 1. The molecule has 1 aromatic heterocycles. The minimum atomic E-state index is -0.620. The van der Waals surface area contributed by atoms with Crippen LogP contribution in [0.15, 0.2) is 56.8 Å². The van der Waals surface area contributed by atoms with Gasteiger partial charge in [0.2, 0.25) is 0 Å². The molecule has 7 heteroatoms. The molecule has 24 heavy (non-hydrogen) atoms. The third-order valence-electron chi connectivity index (χ3n) is 3.41. The Morgan fingerprint density at radius 2 is 2.04 bits per heavy atom. The second-order valence-corrected chi connectivity index (χ2v) is 5.71. The molecule has 0 aliphatic carbocycles. The summed E-state index contributed by atoms with van der Waals surface area (Å²) in [6.45, 7) is 1.78. The fraction of sp³-hybridized carbons (Fsp3) is 0.118. The van der Waals surface area contributed by atoms with Gasteiger partial charge in [-0.3, -0.25) is 9.36 Å². The Morgan fingerprint density at radius 3 is 2.79 bits per heavy atom. The molecule has 0 radical (unpaired) electrons. The Labute approximate surface area is 142 Å². The van der Waals surface area contributed by atoms with E-state index in [4.69, 9.17) is 16.0 Å². The second kappa shape index (κ2) is 6.72. The third-order valence-corrected chi connectivity index (χ3v) is 3.65. The van der Waals surface area contributed by atoms with Crippen LogP contribution in [0.3, 0.4) is 0 Å². The van der Waals surface area contributed by atoms with Crippen LogP contribution in [0, 0.1) is 6.92 Å². The van der Waals surface area contributed by atoms with Crippen LogP contribution in [0.5, 0.6) is 0 Å². The monoisotopic (exact) mass is 343 g/mol. The standard InChI is InChI=1S/C17H14ClN3O3/c1-11-2-4-12(5-3-11)9-19-20-16(22)10-21-14-8-13(18)6-7-15(14)24-17(21)23/h2-9H,10H2,1H3,(H,20,22)/b19-9+. The van der Waals surface area contributed by atoms with Crippen molar-refractivity contribution in [3.8, 4) is 0 Å². The summed E-state index contributed by atoms with van der Waals surface area (Å²) < 4.78 is 6.28. The number of halogens is 1. The highest BCUT2D eigenvalue weighted by molar-refractivity contribution is 6.31. The average molecular weight is 344 g/mol. The van der Waals surface area contributed by atoms with Crippen molar-refractivity contribution in [1.82, 2.24) is 9.99 Å². The van der Waals surface area contributed by atoms with Gasteiger partial charge in [-0.05, 0) is 30.7 Å². The van der Waals surface area contributed by atoms with Gasteiger partial charge in [0, 0.05) is 5.02 Å². The SMILES string of the molecule is Cc1ccc(/C=N/NC(=O)Cn2c(=O)oc3ccc(Cl)cc32)cc1. The Morgan fingerprint density at radius 1 is 1.29 bits per heavy atom. The number of hydrogen-bond acceptors (Lipinski definition) is 4. The van der Waals surface area contributed by atoms with E-state index in [1.807, 2.05) is 31.2 Å². The van der Waals surface area contributed by atoms with Crippen LogP contribution < -0.4 is 11.2 Å². The molecule has 1 N–H and O–H groups in total. The molecule has 3 rings (SSSR count). The quantitative estimate of drug-likeness (QED) is 0.584. The highest BCUT2D eigenvalue weighted by Gasteiger charge is 2.12. The summed E-state index contributed by atoms with van der Waals surface area (Å²) in [7, 11) is 0. The molecule has 0 spiro atoms. The predicted molar refractivity (Wildman–Crippen MR) is 92.4 cm³/mol. The van der Waals surface area contributed by atoms with Gasteiger partial charge in [-0.1, -0.05) is 41.4 Å². The highest BCUT2D eigenvalue weighted by Crippen LogP contribution is 2.18. The lowest BCUT2D eigenvalue weighted by Crippen LogP contribution is -2.27. The summed E-state index contributed by atoms with van der Waals surface area (Å²) in [6, 6.07) is 12.5. The summed E-state index contributed by atoms with van der Waals surface area (Å²) in [6.07, 6.45) is 1.53. The molecule has 0 saturated carbocycles. The first kappa shape index (κ1) is 16.0. The zero-order valence-electron chi connectivity index (χ0n) is 12.8. The number of rotatable bonds is 4. The van der Waals surface area contributed by atoms with Crippen molar-refractivity contribution in [2.45, 2.75) is 13.5 Å². The number of aryl methyl sites for hydroxylation is 1. The Hall–Kier alpha value is -2.86. The number of hydrogen-bond donors (Lipinski definition) is 1. The molecule has 0 fully saturated rings. The molecule has 0 unspecified atom stereocenters. The average Bonchev–Trinajstić information content (AvgIpc) is 2.85. The van der Waals surface area contributed by atoms with Crippen LogP contribution in [-0.4, -0.2) is 16.7 Å². The van der Waals surface area contributed by atoms with Crippen LogP contribution in [0.2, 0.25) is 5.02 Å². The van der Waals surface area contributed by atoms with E-state index in [0.717, 1.165) is 11.1 Å². The number of oxazole rings is 1. The lowest BCUT2D eigenvalue weighted by atomic mass is 10.2. The fourth-order valence-corrected chi connectivity index (χ4v) is 2.36. The van der Waals surface area contributed by atoms with E-state index in [-0.39, 0.29) is 6.54 Å². The molecule has 1 heterocycles. The molecule has 0 aliphatic heterocycles. The normalized spacial score (nSPS) is 11.2. The van der Waals surface area contributed by atoms with Gasteiger partial charge in [0.05, 0.1) is 11.7 Å². The second-order valence-electron chi connectivity index (χ2n) is 5.27. The van der Waals surface area contributed by atoms with Gasteiger partial charge in [-0.2, -0.15) is 5.10 Å². The fourth-order valence-electron chi connectivity index (χ4n) is 2.20. The van der Waals surface area contributed by atoms with E-state index in [1.165, 1.54) is 10.8 Å². The molecule has 0 aliphatic rings. The maximum atomic E-state index is 12.0. The first-order valence-electron chi connectivity index (χ1n) is 7.20. The van der Waals surface area contributed by atoms with E-state index < -0.39 is 11.7 Å². The Kier molecular flexibility index (Phi) is 4.48. The van der Waals surface area contributed by atoms with Crippen molar-refractivity contribution in [3.05, 3.63) is 69.2 Å². The maximum Gasteiger partial charge on any atom is 0.420 e. The number of benzene rings is 2. The van der Waals surface area contributed by atoms with Gasteiger partial charge in [-0.15, -0.1) is 0 Å². The summed E-state index contributed by atoms with van der Waals surface area (Å²) in [5, 5.41) is 4.34. The first-order valence-corrected chi connectivity index (χ1v) is 7.58. The number of carbonyl (C=O) groups excluding carboxylic acids is 1. The van der Waals surface area contributed by atoms with Crippen molar-refractivity contribution in [3.63, 3.8) is 0 Å². The summed E-state index contributed by atoms with van der Waals surface area (Å²) >= 11 is 5.92. The highest BCUT2D eigenvalue weighted by atomic mass is 35.5. The van der Waals surface area contributed by atoms with Crippen LogP contribution in [-0.2, 0) is 11.3 Å². The number of aromatic nitrogens is 1. The van der Waals surface area contributed by atoms with Crippen molar-refractivity contribution in [1.29, 1.82) is 0 Å². The van der Waals surface area contributed by atoms with Gasteiger partial charge in [0.25, 0.3) is 5.91 Å². The minimum Gasteiger partial charge on any atom is -0.408 e. The van der Waals surface area contributed by atoms with Gasteiger partial charge < -0.3 is 4.42 Å². The number of nitrogens with zero attached hydrogens (tertiary/aromatic N) is 2. The maximum absolute atomic E-state index is 12.0. The van der Waals surface area contributed by atoms with Crippen molar-refractivity contribution < 1.29 is 9.21 Å². The molecule has 3 aromatic rings. The predicted octanol–water partition coefficient (Wildman–Crippen LogP) is 2.71. The van der Waals surface area contributed by atoms with Gasteiger partial charge in [-0.25, -0.2) is 10.2 Å². The van der Waals surface area contributed by atoms with E-state index >= 15 is 0 Å². The zero-order chi connectivity index (χ0) is 17.1. The molecule has 6 nitrogen and oxygen atoms in total. The smallest absolute Gasteiger partial charge is 0.408 e. The van der Waals surface area contributed by atoms with E-state index in [1.54, 1.807) is 18.2 Å². The Bertz CT molecular complexity index is 971. The van der Waals surface area contributed by atoms with Crippen LogP contribution >= 0.6 is 11.6 Å². The summed E-state index contributed by atoms with van der Waals surface area (Å²) in [5.41, 5.74) is 5.22. The largest absolute Gasteiger partial charge is 0.420 e. The lowest BCUT2D eigenvalue weighted by Gasteiger charge is -2.01. The van der Waals surface area contributed by atoms with Crippen molar-refractivity contribution in [2.75, 3.05) is 0 Å². The van der Waals surface area contributed by atoms with E-state index in [2.05, 4.69) is 10.5 Å². The lowest BCUT2D eigenvalue weighted by molar-refractivity contribution is -0.121.